The summed E-state index contributed by atoms with van der Waals surface area (Å²) >= 11 is 0. The van der Waals surface area contributed by atoms with Gasteiger partial charge in [0.25, 0.3) is 0 Å². The molecule has 0 aliphatic carbocycles. The molecule has 0 spiro atoms. The summed E-state index contributed by atoms with van der Waals surface area (Å²) in [4.78, 5) is 9.06. The minimum absolute atomic E-state index is 0.612. The van der Waals surface area contributed by atoms with Gasteiger partial charge in [-0.2, -0.15) is 0 Å². The van der Waals surface area contributed by atoms with E-state index in [4.69, 9.17) is 10.0 Å². The van der Waals surface area contributed by atoms with Gasteiger partial charge in [-0.05, 0) is 5.18 Å². The predicted molar refractivity (Wildman–Crippen MR) is 21.1 cm³/mol. The normalized spacial score (nSPS) is 5.33. The largest absolute Gasteiger partial charge is 0.507 e. The highest BCUT2D eigenvalue weighted by molar-refractivity contribution is 4.74. The first-order chi connectivity index (χ1) is 2.91. The molecule has 0 heterocycles. The molecule has 32 valence electrons. The highest BCUT2D eigenvalue weighted by atomic mass is 16.3. The average Bonchev–Trinajstić information content (AvgIpc) is 1.61. The molecule has 0 radical (unpaired) electrons. The highest BCUT2D eigenvalue weighted by Gasteiger charge is 1.48. The first-order valence-corrected chi connectivity index (χ1v) is 1.28. The number of rotatable bonds is 1. The predicted octanol–water partition coefficient (Wildman–Crippen LogP) is 0.937. The Morgan fingerprint density at radius 3 is 2.67 bits per heavy atom. The Bertz CT molecular complexity index is 91.0. The fraction of sp³-hybridized carbons (Fsp3) is 0. The molecule has 3 heteroatoms. The van der Waals surface area contributed by atoms with Gasteiger partial charge >= 0.3 is 0 Å². The summed E-state index contributed by atoms with van der Waals surface area (Å²) in [5.41, 5.74) is 2.02. The number of aliphatic hydroxyl groups is 1. The van der Waals surface area contributed by atoms with Gasteiger partial charge in [0.05, 0.1) is 0 Å². The van der Waals surface area contributed by atoms with E-state index in [9.17, 15) is 0 Å². The van der Waals surface area contributed by atoms with E-state index in [1.807, 2.05) is 5.73 Å². The third-order valence-corrected chi connectivity index (χ3v) is 0.202. The summed E-state index contributed by atoms with van der Waals surface area (Å²) in [6, 6.07) is 0. The van der Waals surface area contributed by atoms with Crippen LogP contribution < -0.4 is 0 Å². The summed E-state index contributed by atoms with van der Waals surface area (Å²) in [6.07, 6.45) is 1.43. The lowest BCUT2D eigenvalue weighted by Crippen LogP contribution is -1.38. The highest BCUT2D eigenvalue weighted by Crippen LogP contribution is 1.61. The lowest BCUT2D eigenvalue weighted by molar-refractivity contribution is 0.475. The zero-order chi connectivity index (χ0) is 4.83. The molecular formula is C3H3NO2. The molecule has 0 unspecified atom stereocenters. The summed E-state index contributed by atoms with van der Waals surface area (Å²) in [7, 11) is 0. The van der Waals surface area contributed by atoms with Gasteiger partial charge in [-0.1, -0.05) is 5.73 Å². The van der Waals surface area contributed by atoms with Gasteiger partial charge in [0.1, 0.15) is 12.5 Å². The van der Waals surface area contributed by atoms with Crippen LogP contribution in [0.15, 0.2) is 23.4 Å². The number of nitroso groups, excluding NO2 is 1. The van der Waals surface area contributed by atoms with Crippen molar-refractivity contribution in [1.82, 2.24) is 0 Å². The van der Waals surface area contributed by atoms with Crippen molar-refractivity contribution in [2.45, 2.75) is 0 Å². The Kier molecular flexibility index (Phi) is 3.21. The Hall–Kier alpha value is -1.08. The molecule has 0 aromatic carbocycles. The van der Waals surface area contributed by atoms with Gasteiger partial charge < -0.3 is 5.11 Å². The molecule has 0 bridgehead atoms. The lowest BCUT2D eigenvalue weighted by atomic mass is 10.9. The standard InChI is InChI=1S/C3H3NO2/c5-3-1-2-4-6/h2-3,5H. The molecule has 0 fully saturated rings. The Balaban J connectivity index is 3.46. The van der Waals surface area contributed by atoms with Crippen LogP contribution in [0.5, 0.6) is 0 Å². The minimum atomic E-state index is 0.612. The van der Waals surface area contributed by atoms with E-state index in [-0.39, 0.29) is 0 Å². The van der Waals surface area contributed by atoms with Gasteiger partial charge in [-0.15, -0.1) is 4.91 Å². The molecule has 1 N–H and O–H groups in total. The summed E-state index contributed by atoms with van der Waals surface area (Å²) in [5, 5.41) is 9.98. The van der Waals surface area contributed by atoms with E-state index >= 15 is 0 Å². The van der Waals surface area contributed by atoms with E-state index in [2.05, 4.69) is 5.18 Å². The first-order valence-electron chi connectivity index (χ1n) is 1.28. The van der Waals surface area contributed by atoms with Crippen molar-refractivity contribution < 1.29 is 5.11 Å². The molecular weight excluding hydrogens is 82.0 g/mol. The van der Waals surface area contributed by atoms with Crippen LogP contribution in [0.1, 0.15) is 0 Å². The number of hydrogen-bond acceptors (Lipinski definition) is 3. The summed E-state index contributed by atoms with van der Waals surface area (Å²) < 4.78 is 0. The van der Waals surface area contributed by atoms with Crippen molar-refractivity contribution in [3.63, 3.8) is 0 Å². The van der Waals surface area contributed by atoms with Crippen LogP contribution in [0, 0.1) is 4.91 Å². The molecule has 0 aliphatic rings. The van der Waals surface area contributed by atoms with Crippen molar-refractivity contribution in [2.24, 2.45) is 5.18 Å². The average molecular weight is 85.1 g/mol. The van der Waals surface area contributed by atoms with E-state index < -0.39 is 0 Å². The zero-order valence-electron chi connectivity index (χ0n) is 2.96. The Morgan fingerprint density at radius 2 is 2.50 bits per heavy atom. The van der Waals surface area contributed by atoms with E-state index in [1.54, 1.807) is 0 Å². The van der Waals surface area contributed by atoms with Gasteiger partial charge in [0.2, 0.25) is 0 Å². The Morgan fingerprint density at radius 1 is 1.83 bits per heavy atom. The maximum absolute atomic E-state index is 9.06. The monoisotopic (exact) mass is 85.0 g/mol. The van der Waals surface area contributed by atoms with Crippen molar-refractivity contribution in [3.05, 3.63) is 23.1 Å². The summed E-state index contributed by atoms with van der Waals surface area (Å²) in [6.45, 7) is 0. The third-order valence-electron chi connectivity index (χ3n) is 0.202. The van der Waals surface area contributed by atoms with Crippen LogP contribution in [-0.2, 0) is 0 Å². The molecule has 0 saturated carbocycles. The molecule has 3 nitrogen and oxygen atoms in total. The van der Waals surface area contributed by atoms with E-state index in [1.165, 1.54) is 0 Å². The zero-order valence-corrected chi connectivity index (χ0v) is 2.96. The molecule has 0 rings (SSSR count). The smallest absolute Gasteiger partial charge is 0.123 e. The van der Waals surface area contributed by atoms with Crippen molar-refractivity contribution in [3.8, 4) is 0 Å². The fourth-order valence-electron chi connectivity index (χ4n) is 0.0638. The van der Waals surface area contributed by atoms with Gasteiger partial charge in [0, 0.05) is 0 Å². The molecule has 6 heavy (non-hydrogen) atoms. The SMILES string of the molecule is O=NC=C=CO. The summed E-state index contributed by atoms with van der Waals surface area (Å²) in [5.74, 6) is 0. The fourth-order valence-corrected chi connectivity index (χ4v) is 0.0638. The second kappa shape index (κ2) is 3.92. The number of hydrogen-bond donors (Lipinski definition) is 1. The van der Waals surface area contributed by atoms with E-state index in [0.717, 1.165) is 6.20 Å². The topological polar surface area (TPSA) is 49.7 Å². The van der Waals surface area contributed by atoms with Crippen molar-refractivity contribution in [1.29, 1.82) is 0 Å². The van der Waals surface area contributed by atoms with Crippen molar-refractivity contribution >= 4 is 0 Å². The van der Waals surface area contributed by atoms with Crippen molar-refractivity contribution in [2.75, 3.05) is 0 Å². The Labute approximate surface area is 34.6 Å². The third kappa shape index (κ3) is 2.92. The van der Waals surface area contributed by atoms with E-state index in [0.29, 0.717) is 6.26 Å². The minimum Gasteiger partial charge on any atom is -0.507 e. The van der Waals surface area contributed by atoms with Crippen LogP contribution >= 0.6 is 0 Å². The quantitative estimate of drug-likeness (QED) is 0.292. The van der Waals surface area contributed by atoms with Crippen LogP contribution in [0.3, 0.4) is 0 Å². The molecule has 0 saturated heterocycles. The molecule has 0 atom stereocenters. The molecule has 0 aliphatic heterocycles. The van der Waals surface area contributed by atoms with Crippen LogP contribution in [-0.4, -0.2) is 5.11 Å². The van der Waals surface area contributed by atoms with Gasteiger partial charge in [-0.3, -0.25) is 0 Å². The molecule has 0 amide bonds. The van der Waals surface area contributed by atoms with Gasteiger partial charge in [-0.25, -0.2) is 0 Å². The number of nitrogens with zero attached hydrogens (tertiary/aromatic N) is 1. The maximum Gasteiger partial charge on any atom is 0.123 e. The maximum atomic E-state index is 9.06. The van der Waals surface area contributed by atoms with Crippen LogP contribution in [0.2, 0.25) is 0 Å². The second-order valence-electron chi connectivity index (χ2n) is 0.530. The van der Waals surface area contributed by atoms with Gasteiger partial charge in [0.15, 0.2) is 0 Å². The van der Waals surface area contributed by atoms with Crippen LogP contribution in [0.25, 0.3) is 0 Å². The number of aliphatic hydroxyl groups excluding tert-OH is 1. The molecule has 0 aromatic heterocycles. The lowest BCUT2D eigenvalue weighted by Gasteiger charge is -1.51. The molecule has 0 aromatic rings. The first kappa shape index (κ1) is 4.92. The second-order valence-corrected chi connectivity index (χ2v) is 0.530. The van der Waals surface area contributed by atoms with Crippen LogP contribution in [0.4, 0.5) is 0 Å².